The zero-order valence-electron chi connectivity index (χ0n) is 9.05. The molecule has 1 saturated heterocycles. The van der Waals surface area contributed by atoms with Gasteiger partial charge in [-0.25, -0.2) is 0 Å². The quantitative estimate of drug-likeness (QED) is 0.769. The summed E-state index contributed by atoms with van der Waals surface area (Å²) in [6.07, 6.45) is 0.234. The Morgan fingerprint density at radius 1 is 1.56 bits per heavy atom. The van der Waals surface area contributed by atoms with Gasteiger partial charge in [0.25, 0.3) is 0 Å². The molecule has 0 saturated carbocycles. The third kappa shape index (κ3) is 2.73. The van der Waals surface area contributed by atoms with Crippen molar-refractivity contribution in [2.45, 2.75) is 18.9 Å². The van der Waals surface area contributed by atoms with Crippen molar-refractivity contribution in [1.82, 2.24) is 0 Å². The molecule has 0 bridgehead atoms. The Morgan fingerprint density at radius 2 is 2.19 bits per heavy atom. The van der Waals surface area contributed by atoms with E-state index in [1.807, 2.05) is 0 Å². The van der Waals surface area contributed by atoms with Crippen molar-refractivity contribution >= 4 is 5.97 Å². The summed E-state index contributed by atoms with van der Waals surface area (Å²) in [6, 6.07) is 7.14. The normalized spacial score (nSPS) is 20.2. The molecular weight excluding hydrogens is 208 g/mol. The van der Waals surface area contributed by atoms with Crippen LogP contribution in [0.4, 0.5) is 0 Å². The number of carbonyl (C=O) groups is 1. The standard InChI is InChI=1S/C12H14O4/c1-8(12(13)14)9-2-4-10(5-3-9)15-6-11-7-16-11/h2-5,8,11H,6-7H2,1H3,(H,13,14)/t8-,11-/m0/s1. The summed E-state index contributed by atoms with van der Waals surface area (Å²) in [6.45, 7) is 3.00. The summed E-state index contributed by atoms with van der Waals surface area (Å²) in [5.74, 6) is -0.558. The van der Waals surface area contributed by atoms with Gasteiger partial charge in [-0.1, -0.05) is 12.1 Å². The fourth-order valence-corrected chi connectivity index (χ4v) is 1.35. The molecule has 1 N–H and O–H groups in total. The van der Waals surface area contributed by atoms with Crippen LogP contribution >= 0.6 is 0 Å². The van der Waals surface area contributed by atoms with Crippen LogP contribution < -0.4 is 4.74 Å². The van der Waals surface area contributed by atoms with Crippen molar-refractivity contribution in [2.24, 2.45) is 0 Å². The van der Waals surface area contributed by atoms with Gasteiger partial charge in [-0.2, -0.15) is 0 Å². The highest BCUT2D eigenvalue weighted by molar-refractivity contribution is 5.75. The van der Waals surface area contributed by atoms with E-state index in [-0.39, 0.29) is 6.10 Å². The van der Waals surface area contributed by atoms with E-state index in [4.69, 9.17) is 14.6 Å². The van der Waals surface area contributed by atoms with Crippen molar-refractivity contribution < 1.29 is 19.4 Å². The molecule has 0 radical (unpaired) electrons. The summed E-state index contributed by atoms with van der Waals surface area (Å²) in [5.41, 5.74) is 0.780. The van der Waals surface area contributed by atoms with Gasteiger partial charge in [-0.05, 0) is 24.6 Å². The lowest BCUT2D eigenvalue weighted by Gasteiger charge is -2.08. The van der Waals surface area contributed by atoms with Crippen LogP contribution in [0.1, 0.15) is 18.4 Å². The molecule has 4 heteroatoms. The zero-order valence-corrected chi connectivity index (χ0v) is 9.05. The molecular formula is C12H14O4. The summed E-state index contributed by atoms with van der Waals surface area (Å²) in [5, 5.41) is 8.84. The minimum Gasteiger partial charge on any atom is -0.491 e. The largest absolute Gasteiger partial charge is 0.491 e. The van der Waals surface area contributed by atoms with Crippen molar-refractivity contribution in [3.63, 3.8) is 0 Å². The molecule has 4 nitrogen and oxygen atoms in total. The maximum Gasteiger partial charge on any atom is 0.310 e. The summed E-state index contributed by atoms with van der Waals surface area (Å²) in [7, 11) is 0. The molecule has 1 aliphatic rings. The van der Waals surface area contributed by atoms with Crippen LogP contribution in [0.25, 0.3) is 0 Å². The Balaban J connectivity index is 1.94. The van der Waals surface area contributed by atoms with Crippen molar-refractivity contribution in [3.05, 3.63) is 29.8 Å². The van der Waals surface area contributed by atoms with Gasteiger partial charge in [0.05, 0.1) is 12.5 Å². The van der Waals surface area contributed by atoms with E-state index in [0.717, 1.165) is 17.9 Å². The topological polar surface area (TPSA) is 59.1 Å². The van der Waals surface area contributed by atoms with Crippen LogP contribution in [-0.4, -0.2) is 30.4 Å². The van der Waals surface area contributed by atoms with Gasteiger partial charge >= 0.3 is 5.97 Å². The molecule has 16 heavy (non-hydrogen) atoms. The second-order valence-electron chi connectivity index (χ2n) is 3.90. The number of aliphatic carboxylic acids is 1. The fraction of sp³-hybridized carbons (Fsp3) is 0.417. The van der Waals surface area contributed by atoms with Crippen LogP contribution in [0.15, 0.2) is 24.3 Å². The number of ether oxygens (including phenoxy) is 2. The first-order chi connectivity index (χ1) is 7.66. The lowest BCUT2D eigenvalue weighted by atomic mass is 10.0. The van der Waals surface area contributed by atoms with E-state index >= 15 is 0 Å². The molecule has 0 aromatic heterocycles. The van der Waals surface area contributed by atoms with Gasteiger partial charge in [0, 0.05) is 0 Å². The Hall–Kier alpha value is -1.55. The summed E-state index contributed by atoms with van der Waals surface area (Å²) in [4.78, 5) is 10.8. The minimum atomic E-state index is -0.819. The van der Waals surface area contributed by atoms with Crippen LogP contribution in [0.3, 0.4) is 0 Å². The fourth-order valence-electron chi connectivity index (χ4n) is 1.35. The zero-order chi connectivity index (χ0) is 11.5. The third-order valence-corrected chi connectivity index (χ3v) is 2.59. The monoisotopic (exact) mass is 222 g/mol. The number of hydrogen-bond acceptors (Lipinski definition) is 3. The van der Waals surface area contributed by atoms with Crippen LogP contribution in [-0.2, 0) is 9.53 Å². The number of carboxylic acid groups (broad SMARTS) is 1. The summed E-state index contributed by atoms with van der Waals surface area (Å²) < 4.78 is 10.5. The SMILES string of the molecule is C[C@H](C(=O)O)c1ccc(OC[C@H]2CO2)cc1. The molecule has 0 amide bonds. The predicted molar refractivity (Wildman–Crippen MR) is 57.7 cm³/mol. The molecule has 1 aromatic rings. The van der Waals surface area contributed by atoms with Gasteiger partial charge in [-0.3, -0.25) is 4.79 Å². The Bertz CT molecular complexity index is 367. The van der Waals surface area contributed by atoms with E-state index in [0.29, 0.717) is 6.61 Å². The Labute approximate surface area is 93.8 Å². The molecule has 1 aliphatic heterocycles. The molecule has 1 heterocycles. The van der Waals surface area contributed by atoms with Crippen LogP contribution in [0.5, 0.6) is 5.75 Å². The van der Waals surface area contributed by atoms with Gasteiger partial charge < -0.3 is 14.6 Å². The van der Waals surface area contributed by atoms with Gasteiger partial charge in [-0.15, -0.1) is 0 Å². The van der Waals surface area contributed by atoms with Crippen molar-refractivity contribution in [3.8, 4) is 5.75 Å². The second kappa shape index (κ2) is 4.53. The first-order valence-corrected chi connectivity index (χ1v) is 5.24. The Kier molecular flexibility index (Phi) is 3.10. The van der Waals surface area contributed by atoms with Gasteiger partial charge in [0.2, 0.25) is 0 Å². The van der Waals surface area contributed by atoms with E-state index in [1.165, 1.54) is 0 Å². The van der Waals surface area contributed by atoms with Crippen molar-refractivity contribution in [2.75, 3.05) is 13.2 Å². The smallest absolute Gasteiger partial charge is 0.310 e. The molecule has 1 aromatic carbocycles. The lowest BCUT2D eigenvalue weighted by Crippen LogP contribution is -2.07. The molecule has 2 rings (SSSR count). The van der Waals surface area contributed by atoms with E-state index < -0.39 is 11.9 Å². The first kappa shape index (κ1) is 11.0. The molecule has 2 atom stereocenters. The Morgan fingerprint density at radius 3 is 2.69 bits per heavy atom. The maximum absolute atomic E-state index is 10.8. The van der Waals surface area contributed by atoms with E-state index in [2.05, 4.69) is 0 Å². The van der Waals surface area contributed by atoms with Crippen LogP contribution in [0, 0.1) is 0 Å². The number of rotatable bonds is 5. The van der Waals surface area contributed by atoms with E-state index in [9.17, 15) is 4.79 Å². The average Bonchev–Trinajstić information content (AvgIpc) is 3.10. The maximum atomic E-state index is 10.8. The summed E-state index contributed by atoms with van der Waals surface area (Å²) >= 11 is 0. The van der Waals surface area contributed by atoms with Gasteiger partial charge in [0.15, 0.2) is 0 Å². The highest BCUT2D eigenvalue weighted by Gasteiger charge is 2.23. The van der Waals surface area contributed by atoms with Crippen LogP contribution in [0.2, 0.25) is 0 Å². The number of hydrogen-bond donors (Lipinski definition) is 1. The molecule has 0 aliphatic carbocycles. The number of epoxide rings is 1. The van der Waals surface area contributed by atoms with E-state index in [1.54, 1.807) is 31.2 Å². The highest BCUT2D eigenvalue weighted by Crippen LogP contribution is 2.20. The second-order valence-corrected chi connectivity index (χ2v) is 3.90. The highest BCUT2D eigenvalue weighted by atomic mass is 16.6. The minimum absolute atomic E-state index is 0.234. The lowest BCUT2D eigenvalue weighted by molar-refractivity contribution is -0.138. The van der Waals surface area contributed by atoms with Crippen molar-refractivity contribution in [1.29, 1.82) is 0 Å². The molecule has 0 unspecified atom stereocenters. The number of carboxylic acids is 1. The van der Waals surface area contributed by atoms with Gasteiger partial charge in [0.1, 0.15) is 18.5 Å². The average molecular weight is 222 g/mol. The predicted octanol–water partition coefficient (Wildman–Crippen LogP) is 1.65. The number of benzene rings is 1. The third-order valence-electron chi connectivity index (χ3n) is 2.59. The molecule has 86 valence electrons. The first-order valence-electron chi connectivity index (χ1n) is 5.24. The molecule has 1 fully saturated rings. The molecule has 0 spiro atoms.